The number of carbonyl (C=O) groups is 1. The molecule has 0 aliphatic rings. The number of nitrogens with zero attached hydrogens (tertiary/aromatic N) is 1. The number of hydrogen-bond donors (Lipinski definition) is 2. The molecule has 1 rings (SSSR count). The topological polar surface area (TPSA) is 93.7 Å². The third-order valence-corrected chi connectivity index (χ3v) is 2.19. The smallest absolute Gasteiger partial charge is 0.308 e. The van der Waals surface area contributed by atoms with Crippen molar-refractivity contribution in [2.24, 2.45) is 0 Å². The zero-order chi connectivity index (χ0) is 12.8. The molecule has 0 amide bonds. The monoisotopic (exact) mass is 241 g/mol. The fourth-order valence-corrected chi connectivity index (χ4v) is 1.37. The molecule has 17 heavy (non-hydrogen) atoms. The average molecular weight is 241 g/mol. The Morgan fingerprint density at radius 3 is 2.88 bits per heavy atom. The second-order valence-electron chi connectivity index (χ2n) is 3.52. The molecule has 0 aliphatic heterocycles. The van der Waals surface area contributed by atoms with E-state index in [0.29, 0.717) is 4.73 Å². The molecule has 1 aromatic heterocycles. The van der Waals surface area contributed by atoms with Crippen molar-refractivity contribution in [2.45, 2.75) is 25.6 Å². The first-order valence-corrected chi connectivity index (χ1v) is 5.25. The second-order valence-corrected chi connectivity index (χ2v) is 3.52. The molecule has 0 bridgehead atoms. The lowest BCUT2D eigenvalue weighted by Gasteiger charge is -2.16. The highest BCUT2D eigenvalue weighted by Gasteiger charge is 2.23. The number of ether oxygens (including phenoxy) is 1. The number of pyridine rings is 1. The highest BCUT2D eigenvalue weighted by molar-refractivity contribution is 5.70. The molecule has 1 heterocycles. The van der Waals surface area contributed by atoms with E-state index in [2.05, 4.69) is 4.74 Å². The van der Waals surface area contributed by atoms with Crippen LogP contribution in [0.2, 0.25) is 0 Å². The van der Waals surface area contributed by atoms with Gasteiger partial charge in [0.15, 0.2) is 12.4 Å². The Hall–Kier alpha value is -1.66. The van der Waals surface area contributed by atoms with Crippen LogP contribution in [-0.4, -0.2) is 28.9 Å². The van der Waals surface area contributed by atoms with Crippen LogP contribution >= 0.6 is 0 Å². The van der Waals surface area contributed by atoms with Gasteiger partial charge in [-0.05, 0) is 13.0 Å². The van der Waals surface area contributed by atoms with Gasteiger partial charge in [-0.1, -0.05) is 0 Å². The molecule has 2 unspecified atom stereocenters. The van der Waals surface area contributed by atoms with Gasteiger partial charge >= 0.3 is 5.97 Å². The van der Waals surface area contributed by atoms with Gasteiger partial charge < -0.3 is 20.2 Å². The minimum absolute atomic E-state index is 0.216. The van der Waals surface area contributed by atoms with Crippen LogP contribution in [0.15, 0.2) is 24.5 Å². The summed E-state index contributed by atoms with van der Waals surface area (Å²) in [7, 11) is 0. The quantitative estimate of drug-likeness (QED) is 0.418. The fraction of sp³-hybridized carbons (Fsp3) is 0.455. The molecule has 0 spiro atoms. The lowest BCUT2D eigenvalue weighted by Crippen LogP contribution is -2.28. The molecule has 0 fully saturated rings. The zero-order valence-corrected chi connectivity index (χ0v) is 9.44. The van der Waals surface area contributed by atoms with Crippen molar-refractivity contribution in [1.82, 2.24) is 0 Å². The third-order valence-electron chi connectivity index (χ3n) is 2.19. The highest BCUT2D eigenvalue weighted by Crippen LogP contribution is 2.17. The first-order chi connectivity index (χ1) is 8.04. The Morgan fingerprint density at radius 2 is 2.29 bits per heavy atom. The molecule has 0 aromatic carbocycles. The van der Waals surface area contributed by atoms with Gasteiger partial charge in [-0.2, -0.15) is 4.73 Å². The van der Waals surface area contributed by atoms with E-state index in [0.717, 1.165) is 6.20 Å². The zero-order valence-electron chi connectivity index (χ0n) is 9.44. The number of carbonyl (C=O) groups excluding carboxylic acids is 1. The SMILES string of the molecule is CCOC(=O)CC(O)C(O)c1ccc[n+]([O-])c1. The summed E-state index contributed by atoms with van der Waals surface area (Å²) in [4.78, 5) is 11.1. The minimum atomic E-state index is -1.29. The van der Waals surface area contributed by atoms with Crippen LogP contribution in [0.4, 0.5) is 0 Å². The summed E-state index contributed by atoms with van der Waals surface area (Å²) in [5, 5.41) is 30.3. The molecule has 6 nitrogen and oxygen atoms in total. The molecule has 0 saturated carbocycles. The maximum Gasteiger partial charge on any atom is 0.308 e. The maximum absolute atomic E-state index is 11.1. The van der Waals surface area contributed by atoms with E-state index in [4.69, 9.17) is 0 Å². The summed E-state index contributed by atoms with van der Waals surface area (Å²) in [6, 6.07) is 2.94. The van der Waals surface area contributed by atoms with Crippen LogP contribution in [0.5, 0.6) is 0 Å². The van der Waals surface area contributed by atoms with Gasteiger partial charge in [0.2, 0.25) is 0 Å². The van der Waals surface area contributed by atoms with Crippen molar-refractivity contribution in [3.05, 3.63) is 35.3 Å². The number of aliphatic hydroxyl groups is 2. The van der Waals surface area contributed by atoms with Gasteiger partial charge in [-0.3, -0.25) is 4.79 Å². The minimum Gasteiger partial charge on any atom is -0.619 e. The Balaban J connectivity index is 2.63. The summed E-state index contributed by atoms with van der Waals surface area (Å²) in [6.07, 6.45) is -0.507. The van der Waals surface area contributed by atoms with Gasteiger partial charge in [0.1, 0.15) is 6.10 Å². The predicted molar refractivity (Wildman–Crippen MR) is 57.6 cm³/mol. The molecule has 0 aliphatic carbocycles. The summed E-state index contributed by atoms with van der Waals surface area (Å²) in [6.45, 7) is 1.87. The second kappa shape index (κ2) is 6.17. The normalized spacial score (nSPS) is 14.1. The Bertz CT molecular complexity index is 382. The number of esters is 1. The molecule has 6 heteroatoms. The number of rotatable bonds is 5. The first-order valence-electron chi connectivity index (χ1n) is 5.25. The van der Waals surface area contributed by atoms with E-state index < -0.39 is 18.2 Å². The Kier molecular flexibility index (Phi) is 4.86. The molecule has 2 atom stereocenters. The summed E-state index contributed by atoms with van der Waals surface area (Å²) < 4.78 is 5.15. The van der Waals surface area contributed by atoms with Gasteiger partial charge in [0.25, 0.3) is 0 Å². The van der Waals surface area contributed by atoms with Gasteiger partial charge in [0.05, 0.1) is 19.1 Å². The number of aliphatic hydroxyl groups excluding tert-OH is 2. The Labute approximate surface area is 98.7 Å². The molecule has 0 radical (unpaired) electrons. The van der Waals surface area contributed by atoms with Gasteiger partial charge in [-0.15, -0.1) is 0 Å². The van der Waals surface area contributed by atoms with Crippen molar-refractivity contribution < 1.29 is 24.5 Å². The molecule has 94 valence electrons. The van der Waals surface area contributed by atoms with E-state index >= 15 is 0 Å². The largest absolute Gasteiger partial charge is 0.619 e. The molecular weight excluding hydrogens is 226 g/mol. The fourth-order valence-electron chi connectivity index (χ4n) is 1.37. The standard InChI is InChI=1S/C11H15NO5/c1-2-17-10(14)6-9(13)11(15)8-4-3-5-12(16)7-8/h3-5,7,9,11,13,15H,2,6H2,1H3. The van der Waals surface area contributed by atoms with Crippen LogP contribution in [0.3, 0.4) is 0 Å². The summed E-state index contributed by atoms with van der Waals surface area (Å²) in [5.74, 6) is -0.593. The number of aromatic nitrogens is 1. The molecular formula is C11H15NO5. The van der Waals surface area contributed by atoms with E-state index in [1.54, 1.807) is 6.92 Å². The lowest BCUT2D eigenvalue weighted by atomic mass is 10.0. The first kappa shape index (κ1) is 13.4. The van der Waals surface area contributed by atoms with Crippen LogP contribution in [0, 0.1) is 5.21 Å². The summed E-state index contributed by atoms with van der Waals surface area (Å²) in [5.41, 5.74) is 0.249. The molecule has 2 N–H and O–H groups in total. The van der Waals surface area contributed by atoms with Gasteiger partial charge in [-0.25, -0.2) is 0 Å². The third kappa shape index (κ3) is 4.01. The lowest BCUT2D eigenvalue weighted by molar-refractivity contribution is -0.606. The highest BCUT2D eigenvalue weighted by atomic mass is 16.5. The number of hydrogen-bond acceptors (Lipinski definition) is 5. The van der Waals surface area contributed by atoms with E-state index in [1.165, 1.54) is 18.3 Å². The van der Waals surface area contributed by atoms with Crippen LogP contribution in [0.1, 0.15) is 25.0 Å². The summed E-state index contributed by atoms with van der Waals surface area (Å²) >= 11 is 0. The van der Waals surface area contributed by atoms with Crippen molar-refractivity contribution >= 4 is 5.97 Å². The molecule has 0 saturated heterocycles. The average Bonchev–Trinajstić information content (AvgIpc) is 2.28. The Morgan fingerprint density at radius 1 is 1.59 bits per heavy atom. The van der Waals surface area contributed by atoms with Crippen molar-refractivity contribution in [3.63, 3.8) is 0 Å². The van der Waals surface area contributed by atoms with Crippen molar-refractivity contribution in [1.29, 1.82) is 0 Å². The van der Waals surface area contributed by atoms with E-state index in [9.17, 15) is 20.2 Å². The molecule has 1 aromatic rings. The van der Waals surface area contributed by atoms with Crippen molar-refractivity contribution in [2.75, 3.05) is 6.61 Å². The maximum atomic E-state index is 11.1. The predicted octanol–water partition coefficient (Wildman–Crippen LogP) is -0.333. The van der Waals surface area contributed by atoms with Gasteiger partial charge in [0, 0.05) is 11.6 Å². The van der Waals surface area contributed by atoms with E-state index in [1.807, 2.05) is 0 Å². The van der Waals surface area contributed by atoms with Crippen LogP contribution in [0.25, 0.3) is 0 Å². The van der Waals surface area contributed by atoms with Crippen molar-refractivity contribution in [3.8, 4) is 0 Å². The van der Waals surface area contributed by atoms with E-state index in [-0.39, 0.29) is 18.6 Å². The van der Waals surface area contributed by atoms with Crippen LogP contribution < -0.4 is 4.73 Å². The van der Waals surface area contributed by atoms with Crippen LogP contribution in [-0.2, 0) is 9.53 Å².